The maximum absolute atomic E-state index is 14.0. The van der Waals surface area contributed by atoms with E-state index in [2.05, 4.69) is 10.2 Å². The molecule has 0 saturated heterocycles. The minimum atomic E-state index is -0.969. The number of aliphatic hydroxyl groups excluding tert-OH is 2. The highest BCUT2D eigenvalue weighted by atomic mass is 19.1. The van der Waals surface area contributed by atoms with Crippen molar-refractivity contribution in [3.8, 4) is 11.5 Å². The van der Waals surface area contributed by atoms with Crippen LogP contribution in [-0.4, -0.2) is 48.3 Å². The molecule has 0 bridgehead atoms. The van der Waals surface area contributed by atoms with Gasteiger partial charge in [-0.15, -0.1) is 0 Å². The second kappa shape index (κ2) is 12.2. The Morgan fingerprint density at radius 1 is 1.16 bits per heavy atom. The predicted molar refractivity (Wildman–Crippen MR) is 129 cm³/mol. The molecule has 0 spiro atoms. The van der Waals surface area contributed by atoms with Crippen LogP contribution < -0.4 is 10.3 Å². The Balaban J connectivity index is 1.56. The number of hydrogen-bond acceptors (Lipinski definition) is 7. The molecule has 1 fully saturated rings. The molecule has 11 heteroatoms. The summed E-state index contributed by atoms with van der Waals surface area (Å²) in [7, 11) is 0. The standard InChI is InChI=1S/C26H30F2N4O5/c27-21-7-4-8-22(28)26(21)37-20-13-25(36)32(29-14-20)23(11-17-5-2-1-3-6-17)24(35)12-18-9-10-31(30-18)15-19(34)16-33/h4,7-10,13-14,17,19,23,33-34H,1-3,5-6,11-12,15-16H2/t19-,23?/m1/s1. The quantitative estimate of drug-likeness (QED) is 0.402. The fourth-order valence-electron chi connectivity index (χ4n) is 4.66. The lowest BCUT2D eigenvalue weighted by atomic mass is 9.83. The topological polar surface area (TPSA) is 119 Å². The zero-order valence-electron chi connectivity index (χ0n) is 20.3. The molecule has 37 heavy (non-hydrogen) atoms. The number of rotatable bonds is 11. The number of aliphatic hydroxyl groups is 2. The molecule has 1 aliphatic carbocycles. The Morgan fingerprint density at radius 2 is 1.89 bits per heavy atom. The van der Waals surface area contributed by atoms with Crippen molar-refractivity contribution < 1.29 is 28.5 Å². The van der Waals surface area contributed by atoms with E-state index in [9.17, 15) is 23.5 Å². The van der Waals surface area contributed by atoms with Gasteiger partial charge in [0.2, 0.25) is 0 Å². The molecule has 1 unspecified atom stereocenters. The highest BCUT2D eigenvalue weighted by molar-refractivity contribution is 5.84. The zero-order valence-corrected chi connectivity index (χ0v) is 20.3. The van der Waals surface area contributed by atoms with E-state index in [0.717, 1.165) is 55.0 Å². The maximum atomic E-state index is 14.0. The Hall–Kier alpha value is -3.44. The minimum absolute atomic E-state index is 0.0492. The molecule has 1 saturated carbocycles. The molecular weight excluding hydrogens is 486 g/mol. The lowest BCUT2D eigenvalue weighted by Crippen LogP contribution is -2.34. The van der Waals surface area contributed by atoms with Crippen molar-refractivity contribution in [2.45, 2.75) is 63.6 Å². The first kappa shape index (κ1) is 26.6. The van der Waals surface area contributed by atoms with Crippen LogP contribution >= 0.6 is 0 Å². The monoisotopic (exact) mass is 516 g/mol. The van der Waals surface area contributed by atoms with Crippen LogP contribution in [0.15, 0.2) is 47.5 Å². The Morgan fingerprint density at radius 3 is 2.57 bits per heavy atom. The molecule has 2 heterocycles. The van der Waals surface area contributed by atoms with Gasteiger partial charge in [-0.3, -0.25) is 14.3 Å². The van der Waals surface area contributed by atoms with Crippen molar-refractivity contribution >= 4 is 5.78 Å². The Labute approximate surface area is 212 Å². The molecule has 198 valence electrons. The molecule has 1 aromatic carbocycles. The van der Waals surface area contributed by atoms with Crippen molar-refractivity contribution in [2.24, 2.45) is 5.92 Å². The molecule has 2 N–H and O–H groups in total. The lowest BCUT2D eigenvalue weighted by molar-refractivity contribution is -0.122. The van der Waals surface area contributed by atoms with Gasteiger partial charge in [0.15, 0.2) is 28.9 Å². The molecule has 1 aliphatic rings. The van der Waals surface area contributed by atoms with E-state index in [1.807, 2.05) is 0 Å². The first-order valence-electron chi connectivity index (χ1n) is 12.4. The van der Waals surface area contributed by atoms with Gasteiger partial charge < -0.3 is 14.9 Å². The zero-order chi connectivity index (χ0) is 26.4. The summed E-state index contributed by atoms with van der Waals surface area (Å²) >= 11 is 0. The summed E-state index contributed by atoms with van der Waals surface area (Å²) in [6, 6.07) is 5.15. The molecule has 9 nitrogen and oxygen atoms in total. The van der Waals surface area contributed by atoms with Crippen LogP contribution in [0.2, 0.25) is 0 Å². The van der Waals surface area contributed by atoms with Crippen LogP contribution in [0.25, 0.3) is 0 Å². The predicted octanol–water partition coefficient (Wildman–Crippen LogP) is 3.19. The van der Waals surface area contributed by atoms with E-state index in [0.29, 0.717) is 12.1 Å². The average molecular weight is 517 g/mol. The number of halogens is 2. The number of para-hydroxylation sites is 1. The van der Waals surface area contributed by atoms with Gasteiger partial charge >= 0.3 is 0 Å². The van der Waals surface area contributed by atoms with Crippen LogP contribution in [0.1, 0.15) is 50.3 Å². The molecule has 0 amide bonds. The fourth-order valence-corrected chi connectivity index (χ4v) is 4.66. The highest BCUT2D eigenvalue weighted by Gasteiger charge is 2.28. The fraction of sp³-hybridized carbons (Fsp3) is 0.462. The number of benzene rings is 1. The van der Waals surface area contributed by atoms with Crippen LogP contribution in [0.3, 0.4) is 0 Å². The Bertz CT molecular complexity index is 1250. The summed E-state index contributed by atoms with van der Waals surface area (Å²) in [4.78, 5) is 26.4. The lowest BCUT2D eigenvalue weighted by Gasteiger charge is -2.26. The smallest absolute Gasteiger partial charge is 0.271 e. The van der Waals surface area contributed by atoms with E-state index in [1.54, 1.807) is 12.3 Å². The van der Waals surface area contributed by atoms with Crippen LogP contribution in [0.5, 0.6) is 11.5 Å². The van der Waals surface area contributed by atoms with E-state index in [1.165, 1.54) is 16.9 Å². The number of hydrogen-bond donors (Lipinski definition) is 2. The first-order valence-corrected chi connectivity index (χ1v) is 12.4. The van der Waals surface area contributed by atoms with Crippen molar-refractivity contribution in [1.82, 2.24) is 19.6 Å². The van der Waals surface area contributed by atoms with Crippen LogP contribution in [0, 0.1) is 17.6 Å². The highest BCUT2D eigenvalue weighted by Crippen LogP contribution is 2.31. The minimum Gasteiger partial charge on any atom is -0.449 e. The van der Waals surface area contributed by atoms with Gasteiger partial charge in [-0.25, -0.2) is 13.5 Å². The number of ether oxygens (including phenoxy) is 1. The number of carbonyl (C=O) groups excluding carboxylic acids is 1. The number of carbonyl (C=O) groups is 1. The maximum Gasteiger partial charge on any atom is 0.271 e. The third-order valence-electron chi connectivity index (χ3n) is 6.55. The van der Waals surface area contributed by atoms with Crippen molar-refractivity contribution in [1.29, 1.82) is 0 Å². The van der Waals surface area contributed by atoms with Crippen molar-refractivity contribution in [2.75, 3.05) is 6.61 Å². The number of nitrogens with zero attached hydrogens (tertiary/aromatic N) is 4. The number of Topliss-reactive ketones (excluding diaryl/α,β-unsaturated/α-hetero) is 1. The Kier molecular flexibility index (Phi) is 8.78. The van der Waals surface area contributed by atoms with E-state index < -0.39 is 41.7 Å². The molecule has 2 aromatic heterocycles. The number of aromatic nitrogens is 4. The second-order valence-electron chi connectivity index (χ2n) is 9.39. The summed E-state index contributed by atoms with van der Waals surface area (Å²) < 4.78 is 35.7. The summed E-state index contributed by atoms with van der Waals surface area (Å²) in [5.41, 5.74) is -0.160. The first-order chi connectivity index (χ1) is 17.8. The largest absolute Gasteiger partial charge is 0.449 e. The van der Waals surface area contributed by atoms with Gasteiger partial charge in [-0.05, 0) is 30.5 Å². The van der Waals surface area contributed by atoms with Crippen LogP contribution in [0.4, 0.5) is 8.78 Å². The molecule has 2 atom stereocenters. The summed E-state index contributed by atoms with van der Waals surface area (Å²) in [6.07, 6.45) is 7.38. The van der Waals surface area contributed by atoms with E-state index in [-0.39, 0.29) is 30.4 Å². The molecule has 3 aromatic rings. The second-order valence-corrected chi connectivity index (χ2v) is 9.39. The van der Waals surface area contributed by atoms with E-state index in [4.69, 9.17) is 9.84 Å². The van der Waals surface area contributed by atoms with Gasteiger partial charge in [0.05, 0.1) is 37.6 Å². The molecule has 0 radical (unpaired) electrons. The average Bonchev–Trinajstić information content (AvgIpc) is 3.32. The SMILES string of the molecule is O=C(Cc1ccn(C[C@@H](O)CO)n1)C(CC1CCCCC1)n1ncc(Oc2c(F)cccc2F)cc1=O. The third kappa shape index (κ3) is 6.86. The summed E-state index contributed by atoms with van der Waals surface area (Å²) in [5, 5.41) is 27.1. The van der Waals surface area contributed by atoms with Gasteiger partial charge in [0.25, 0.3) is 5.56 Å². The van der Waals surface area contributed by atoms with Crippen molar-refractivity contribution in [3.05, 3.63) is 70.4 Å². The van der Waals surface area contributed by atoms with Crippen LogP contribution in [-0.2, 0) is 17.8 Å². The normalized spacial score (nSPS) is 15.9. The van der Waals surface area contributed by atoms with E-state index >= 15 is 0 Å². The van der Waals surface area contributed by atoms with Gasteiger partial charge in [0, 0.05) is 12.3 Å². The van der Waals surface area contributed by atoms with Gasteiger partial charge in [-0.2, -0.15) is 10.2 Å². The number of ketones is 1. The van der Waals surface area contributed by atoms with Crippen molar-refractivity contribution in [3.63, 3.8) is 0 Å². The molecule has 0 aliphatic heterocycles. The summed E-state index contributed by atoms with van der Waals surface area (Å²) in [6.45, 7) is -0.323. The summed E-state index contributed by atoms with van der Waals surface area (Å²) in [5.74, 6) is -2.60. The van der Waals surface area contributed by atoms with Gasteiger partial charge in [0.1, 0.15) is 6.04 Å². The third-order valence-corrected chi connectivity index (χ3v) is 6.55. The molecule has 4 rings (SSSR count). The van der Waals surface area contributed by atoms with Gasteiger partial charge in [-0.1, -0.05) is 38.2 Å². The molecular formula is C26H30F2N4O5.